The Bertz CT molecular complexity index is 1490. The molecular weight excluding hydrogens is 431 g/mol. The number of pyridine rings is 1. The normalized spacial score (nSPS) is 11.1. The summed E-state index contributed by atoms with van der Waals surface area (Å²) in [6.07, 6.45) is 5.11. The molecule has 170 valence electrons. The van der Waals surface area contributed by atoms with Gasteiger partial charge in [-0.3, -0.25) is 9.48 Å². The summed E-state index contributed by atoms with van der Waals surface area (Å²) in [4.78, 5) is 17.2. The van der Waals surface area contributed by atoms with Crippen LogP contribution in [0.5, 0.6) is 0 Å². The fraction of sp³-hybridized carbons (Fsp3) is 0.154. The number of nitrogens with zero attached hydrogens (tertiary/aromatic N) is 5. The van der Waals surface area contributed by atoms with Gasteiger partial charge in [0.15, 0.2) is 5.65 Å². The second-order valence-corrected chi connectivity index (χ2v) is 8.21. The van der Waals surface area contributed by atoms with Gasteiger partial charge in [-0.15, -0.1) is 0 Å². The molecule has 0 aliphatic heterocycles. The smallest absolute Gasteiger partial charge is 0.246 e. The molecule has 3 aromatic heterocycles. The molecule has 0 aliphatic rings. The van der Waals surface area contributed by atoms with Gasteiger partial charge in [-0.05, 0) is 54.3 Å². The summed E-state index contributed by atoms with van der Waals surface area (Å²) in [6.45, 7) is 4.57. The van der Waals surface area contributed by atoms with E-state index < -0.39 is 0 Å². The van der Waals surface area contributed by atoms with Crippen molar-refractivity contribution in [3.05, 3.63) is 95.8 Å². The molecule has 0 saturated heterocycles. The van der Waals surface area contributed by atoms with Crippen LogP contribution in [0.15, 0.2) is 73.2 Å². The van der Waals surface area contributed by atoms with Crippen LogP contribution in [-0.4, -0.2) is 30.5 Å². The van der Waals surface area contributed by atoms with Gasteiger partial charge >= 0.3 is 0 Å². The summed E-state index contributed by atoms with van der Waals surface area (Å²) in [6, 6.07) is 16.3. The molecule has 2 aromatic carbocycles. The van der Waals surface area contributed by atoms with Crippen LogP contribution in [0.1, 0.15) is 16.8 Å². The molecule has 8 heteroatoms. The maximum Gasteiger partial charge on any atom is 0.246 e. The highest BCUT2D eigenvalue weighted by molar-refractivity contribution is 5.96. The van der Waals surface area contributed by atoms with Gasteiger partial charge in [0.25, 0.3) is 0 Å². The molecule has 3 heterocycles. The lowest BCUT2D eigenvalue weighted by atomic mass is 10.0. The molecule has 5 rings (SSSR count). The number of aryl methyl sites for hydroxylation is 2. The Balaban J connectivity index is 1.34. The molecule has 5 aromatic rings. The van der Waals surface area contributed by atoms with Crippen LogP contribution >= 0.6 is 0 Å². The second kappa shape index (κ2) is 8.90. The van der Waals surface area contributed by atoms with Gasteiger partial charge in [0, 0.05) is 17.8 Å². The summed E-state index contributed by atoms with van der Waals surface area (Å²) in [5.41, 5.74) is 6.09. The van der Waals surface area contributed by atoms with E-state index >= 15 is 0 Å². The number of nitrogens with one attached hydrogen (secondary N) is 1. The van der Waals surface area contributed by atoms with Gasteiger partial charge in [-0.2, -0.15) is 10.2 Å². The number of fused-ring (bicyclic) bond motifs is 1. The minimum atomic E-state index is -0.291. The zero-order chi connectivity index (χ0) is 23.7. The molecule has 7 nitrogen and oxygen atoms in total. The minimum absolute atomic E-state index is 0.00713. The Kier molecular flexibility index (Phi) is 5.63. The van der Waals surface area contributed by atoms with E-state index in [1.165, 1.54) is 23.3 Å². The van der Waals surface area contributed by atoms with E-state index in [0.29, 0.717) is 17.9 Å². The number of hydrogen-bond acceptors (Lipinski definition) is 4. The molecule has 0 spiro atoms. The summed E-state index contributed by atoms with van der Waals surface area (Å²) in [5, 5.41) is 12.6. The van der Waals surface area contributed by atoms with Crippen molar-refractivity contribution in [1.29, 1.82) is 0 Å². The molecule has 0 atom stereocenters. The van der Waals surface area contributed by atoms with E-state index in [1.54, 1.807) is 33.9 Å². The highest BCUT2D eigenvalue weighted by atomic mass is 19.1. The Morgan fingerprint density at radius 1 is 1.06 bits per heavy atom. The highest BCUT2D eigenvalue weighted by Crippen LogP contribution is 2.30. The summed E-state index contributed by atoms with van der Waals surface area (Å²) in [7, 11) is 0. The first-order valence-corrected chi connectivity index (χ1v) is 10.9. The van der Waals surface area contributed by atoms with Gasteiger partial charge < -0.3 is 5.32 Å². The van der Waals surface area contributed by atoms with Crippen molar-refractivity contribution >= 4 is 22.6 Å². The van der Waals surface area contributed by atoms with E-state index in [0.717, 1.165) is 22.2 Å². The van der Waals surface area contributed by atoms with Gasteiger partial charge in [0.2, 0.25) is 5.91 Å². The molecule has 0 radical (unpaired) electrons. The van der Waals surface area contributed by atoms with Gasteiger partial charge in [0.05, 0.1) is 24.1 Å². The molecule has 34 heavy (non-hydrogen) atoms. The third-order valence-corrected chi connectivity index (χ3v) is 5.77. The monoisotopic (exact) mass is 454 g/mol. The summed E-state index contributed by atoms with van der Waals surface area (Å²) in [5.74, 6) is -0.519. The van der Waals surface area contributed by atoms with Crippen molar-refractivity contribution in [2.75, 3.05) is 5.32 Å². The van der Waals surface area contributed by atoms with Crippen LogP contribution in [0, 0.1) is 19.7 Å². The topological polar surface area (TPSA) is 77.6 Å². The van der Waals surface area contributed by atoms with Crippen molar-refractivity contribution in [3.63, 3.8) is 0 Å². The first-order chi connectivity index (χ1) is 16.5. The summed E-state index contributed by atoms with van der Waals surface area (Å²) >= 11 is 0. The highest BCUT2D eigenvalue weighted by Gasteiger charge is 2.16. The number of hydrogen-bond donors (Lipinski definition) is 1. The maximum atomic E-state index is 13.4. The molecule has 0 unspecified atom stereocenters. The van der Waals surface area contributed by atoms with E-state index in [4.69, 9.17) is 0 Å². The third-order valence-electron chi connectivity index (χ3n) is 5.77. The van der Waals surface area contributed by atoms with Crippen LogP contribution in [-0.2, 0) is 17.9 Å². The lowest BCUT2D eigenvalue weighted by Crippen LogP contribution is -2.19. The van der Waals surface area contributed by atoms with E-state index in [1.807, 2.05) is 31.3 Å². The largest absolute Gasteiger partial charge is 0.322 e. The number of aromatic nitrogens is 5. The van der Waals surface area contributed by atoms with Crippen molar-refractivity contribution in [1.82, 2.24) is 24.5 Å². The first kappa shape index (κ1) is 21.5. The second-order valence-electron chi connectivity index (χ2n) is 8.21. The molecule has 0 bridgehead atoms. The Morgan fingerprint density at radius 2 is 1.85 bits per heavy atom. The third kappa shape index (κ3) is 4.30. The predicted molar refractivity (Wildman–Crippen MR) is 129 cm³/mol. The van der Waals surface area contributed by atoms with Gasteiger partial charge in [0.1, 0.15) is 12.4 Å². The van der Waals surface area contributed by atoms with Crippen molar-refractivity contribution in [3.8, 4) is 11.1 Å². The number of carbonyl (C=O) groups excluding carboxylic acids is 1. The first-order valence-electron chi connectivity index (χ1n) is 10.9. The number of rotatable bonds is 6. The molecule has 1 amide bonds. The van der Waals surface area contributed by atoms with Gasteiger partial charge in [-0.25, -0.2) is 14.1 Å². The summed E-state index contributed by atoms with van der Waals surface area (Å²) < 4.78 is 16.8. The van der Waals surface area contributed by atoms with Crippen LogP contribution in [0.2, 0.25) is 0 Å². The number of halogens is 1. The van der Waals surface area contributed by atoms with Crippen LogP contribution in [0.25, 0.3) is 22.2 Å². The average molecular weight is 455 g/mol. The SMILES string of the molecule is Cc1ccccc1Cn1cc(NC(=O)Cn2nc(C)c3c(-c4ccc(F)cc4)ccnc32)cn1. The van der Waals surface area contributed by atoms with Crippen molar-refractivity contribution in [2.45, 2.75) is 26.9 Å². The van der Waals surface area contributed by atoms with Gasteiger partial charge in [-0.1, -0.05) is 36.4 Å². The molecule has 0 aliphatic carbocycles. The Hall–Kier alpha value is -4.33. The molecule has 0 saturated carbocycles. The zero-order valence-electron chi connectivity index (χ0n) is 18.9. The molecular formula is C26H23FN6O. The van der Waals surface area contributed by atoms with Crippen molar-refractivity contribution < 1.29 is 9.18 Å². The Morgan fingerprint density at radius 3 is 2.65 bits per heavy atom. The van der Waals surface area contributed by atoms with Crippen LogP contribution < -0.4 is 5.32 Å². The lowest BCUT2D eigenvalue weighted by molar-refractivity contribution is -0.116. The van der Waals surface area contributed by atoms with Crippen molar-refractivity contribution in [2.24, 2.45) is 0 Å². The quantitative estimate of drug-likeness (QED) is 0.402. The Labute approximate surface area is 195 Å². The number of carbonyl (C=O) groups is 1. The fourth-order valence-electron chi connectivity index (χ4n) is 4.07. The van der Waals surface area contributed by atoms with Crippen LogP contribution in [0.3, 0.4) is 0 Å². The van der Waals surface area contributed by atoms with E-state index in [-0.39, 0.29) is 18.3 Å². The number of benzene rings is 2. The lowest BCUT2D eigenvalue weighted by Gasteiger charge is -2.06. The average Bonchev–Trinajstić information content (AvgIpc) is 3.39. The zero-order valence-corrected chi connectivity index (χ0v) is 18.9. The number of anilines is 1. The number of amides is 1. The van der Waals surface area contributed by atoms with E-state index in [2.05, 4.69) is 39.6 Å². The molecule has 0 fully saturated rings. The minimum Gasteiger partial charge on any atom is -0.322 e. The van der Waals surface area contributed by atoms with Crippen LogP contribution in [0.4, 0.5) is 10.1 Å². The maximum absolute atomic E-state index is 13.4. The predicted octanol–water partition coefficient (Wildman–Crippen LogP) is 4.74. The standard InChI is InChI=1S/C26H23FN6O/c1-17-5-3-4-6-20(17)14-32-15-22(13-29-32)30-24(34)16-33-26-25(18(2)31-33)23(11-12-28-26)19-7-9-21(27)10-8-19/h3-13,15H,14,16H2,1-2H3,(H,30,34). The van der Waals surface area contributed by atoms with E-state index in [9.17, 15) is 9.18 Å². The fourth-order valence-corrected chi connectivity index (χ4v) is 4.07. The molecule has 1 N–H and O–H groups in total.